The van der Waals surface area contributed by atoms with E-state index in [1.54, 1.807) is 11.9 Å². The number of phenolic OH excluding ortho intramolecular Hbond substituents is 3. The Hall–Kier alpha value is -5.15. The van der Waals surface area contributed by atoms with Crippen molar-refractivity contribution in [1.29, 1.82) is 0 Å². The molecule has 0 aliphatic heterocycles. The minimum atomic E-state index is -2.18. The summed E-state index contributed by atoms with van der Waals surface area (Å²) >= 11 is 3.47. The van der Waals surface area contributed by atoms with Gasteiger partial charge in [0.05, 0.1) is 53.2 Å². The number of likely N-dealkylation sites (N-methyl/N-ethyl adjacent to an activating group) is 1. The minimum absolute atomic E-state index is 0.0506. The van der Waals surface area contributed by atoms with Gasteiger partial charge in [-0.05, 0) is 61.3 Å². The van der Waals surface area contributed by atoms with Gasteiger partial charge in [-0.3, -0.25) is 33.7 Å². The zero-order valence-electron chi connectivity index (χ0n) is 25.4. The van der Waals surface area contributed by atoms with Gasteiger partial charge in [0.25, 0.3) is 11.5 Å². The largest absolute Gasteiger partial charge is 0.507 e. The second-order valence-corrected chi connectivity index (χ2v) is 12.6. The van der Waals surface area contributed by atoms with Crippen LogP contribution in [0.3, 0.4) is 0 Å². The Bertz CT molecular complexity index is 2150. The van der Waals surface area contributed by atoms with Crippen LogP contribution in [0, 0.1) is 0 Å². The Morgan fingerprint density at radius 3 is 2.34 bits per heavy atom. The van der Waals surface area contributed by atoms with Crippen molar-refractivity contribution < 1.29 is 44.0 Å². The number of hydrazone groups is 1. The van der Waals surface area contributed by atoms with Crippen molar-refractivity contribution in [2.45, 2.75) is 38.1 Å². The van der Waals surface area contributed by atoms with Crippen LogP contribution in [0.15, 0.2) is 32.3 Å². The number of ether oxygens (including phenoxy) is 1. The van der Waals surface area contributed by atoms with E-state index in [4.69, 9.17) is 4.74 Å². The zero-order chi connectivity index (χ0) is 34.3. The molecule has 0 unspecified atom stereocenters. The number of allylic oxidation sites excluding steroid dienone is 2. The first kappa shape index (κ1) is 31.8. The third-order valence-corrected chi connectivity index (χ3v) is 9.94. The lowest BCUT2D eigenvalue weighted by molar-refractivity contribution is -0.122. The smallest absolute Gasteiger partial charge is 0.260 e. The monoisotopic (exact) mass is 706 g/mol. The molecule has 14 nitrogen and oxygen atoms in total. The molecule has 242 valence electrons. The van der Waals surface area contributed by atoms with Gasteiger partial charge in [0.2, 0.25) is 5.78 Å². The van der Waals surface area contributed by atoms with Crippen LogP contribution >= 0.6 is 15.9 Å². The van der Waals surface area contributed by atoms with E-state index in [0.29, 0.717) is 10.0 Å². The molecule has 2 aromatic carbocycles. The Labute approximate surface area is 273 Å². The standard InChI is InChI=1S/C32H27BrN4O10/c1-11(2)37(3)10-17(39)36-34-9-12-7-14-18(31(46)35-12)28(43)23-13(24(14)33)5-6-32(23)29(44)21-22(30(32)45)27(42)20-19(26(21)41)15(38)8-16(47-4)25(20)40/h7-9,11,41-43H,5-6,10H2,1-4H3,(H,35,46)(H,36,39)/t32-/m0/s1. The predicted molar refractivity (Wildman–Crippen MR) is 170 cm³/mol. The minimum Gasteiger partial charge on any atom is -0.507 e. The number of aromatic hydroxyl groups is 3. The second-order valence-electron chi connectivity index (χ2n) is 11.8. The highest BCUT2D eigenvalue weighted by molar-refractivity contribution is 9.10. The van der Waals surface area contributed by atoms with E-state index >= 15 is 0 Å². The van der Waals surface area contributed by atoms with Crippen LogP contribution in [-0.4, -0.2) is 87.2 Å². The van der Waals surface area contributed by atoms with Crippen molar-refractivity contribution in [3.05, 3.63) is 71.8 Å². The molecule has 1 aromatic heterocycles. The van der Waals surface area contributed by atoms with Crippen LogP contribution in [0.25, 0.3) is 10.8 Å². The summed E-state index contributed by atoms with van der Waals surface area (Å²) in [5, 5.41) is 37.8. The number of rotatable bonds is 6. The van der Waals surface area contributed by atoms with Crippen LogP contribution in [0.4, 0.5) is 0 Å². The number of Topliss-reactive ketones (excluding diaryl/α,β-unsaturated/α-hetero) is 3. The van der Waals surface area contributed by atoms with Crippen LogP contribution in [0.1, 0.15) is 78.5 Å². The number of aromatic amines is 1. The number of carbonyl (C=O) groups is 5. The predicted octanol–water partition coefficient (Wildman–Crippen LogP) is 2.37. The fourth-order valence-electron chi connectivity index (χ4n) is 6.49. The molecule has 1 amide bonds. The number of amides is 1. The first-order chi connectivity index (χ1) is 22.2. The van der Waals surface area contributed by atoms with E-state index in [0.717, 1.165) is 13.2 Å². The summed E-state index contributed by atoms with van der Waals surface area (Å²) in [5.41, 5.74) is -2.96. The lowest BCUT2D eigenvalue weighted by atomic mass is 9.76. The van der Waals surface area contributed by atoms with Gasteiger partial charge in [-0.15, -0.1) is 0 Å². The fraction of sp³-hybridized carbons (Fsp3) is 0.281. The Morgan fingerprint density at radius 1 is 1.09 bits per heavy atom. The van der Waals surface area contributed by atoms with Crippen LogP contribution in [0.5, 0.6) is 17.2 Å². The number of hydrogen-bond acceptors (Lipinski definition) is 12. The number of pyridine rings is 1. The summed E-state index contributed by atoms with van der Waals surface area (Å²) in [6.45, 7) is 3.95. The lowest BCUT2D eigenvalue weighted by Crippen LogP contribution is -2.36. The number of carbonyl (C=O) groups excluding carboxylic acids is 5. The molecule has 0 saturated carbocycles. The highest BCUT2D eigenvalue weighted by Crippen LogP contribution is 2.58. The number of ketones is 4. The van der Waals surface area contributed by atoms with Gasteiger partial charge in [-0.25, -0.2) is 5.43 Å². The number of phenols is 3. The molecule has 1 heterocycles. The van der Waals surface area contributed by atoms with Crippen molar-refractivity contribution in [2.24, 2.45) is 5.10 Å². The molecule has 15 heteroatoms. The average Bonchev–Trinajstić information content (AvgIpc) is 3.52. The van der Waals surface area contributed by atoms with Gasteiger partial charge in [-0.1, -0.05) is 0 Å². The number of H-pyrrole nitrogens is 1. The number of hydrogen-bond donors (Lipinski definition) is 5. The Balaban J connectivity index is 1.46. The molecule has 47 heavy (non-hydrogen) atoms. The summed E-state index contributed by atoms with van der Waals surface area (Å²) in [5.74, 6) is -7.33. The van der Waals surface area contributed by atoms with Crippen LogP contribution in [0.2, 0.25) is 0 Å². The Morgan fingerprint density at radius 2 is 1.72 bits per heavy atom. The number of aromatic nitrogens is 1. The summed E-state index contributed by atoms with van der Waals surface area (Å²) in [6, 6.07) is 1.62. The quantitative estimate of drug-likeness (QED) is 0.109. The number of nitrogens with one attached hydrogen (secondary N) is 2. The summed E-state index contributed by atoms with van der Waals surface area (Å²) in [7, 11) is 2.90. The highest BCUT2D eigenvalue weighted by Gasteiger charge is 2.62. The molecule has 3 aromatic rings. The highest BCUT2D eigenvalue weighted by atomic mass is 79.9. The molecule has 0 bridgehead atoms. The van der Waals surface area contributed by atoms with Crippen molar-refractivity contribution in [1.82, 2.24) is 15.3 Å². The molecule has 1 spiro atoms. The van der Waals surface area contributed by atoms with Gasteiger partial charge >= 0.3 is 0 Å². The molecule has 0 saturated heterocycles. The molecular weight excluding hydrogens is 680 g/mol. The molecule has 6 rings (SSSR count). The van der Waals surface area contributed by atoms with Gasteiger partial charge in [0.15, 0.2) is 23.1 Å². The molecule has 3 aliphatic carbocycles. The van der Waals surface area contributed by atoms with Crippen LogP contribution < -0.4 is 11.0 Å². The fourth-order valence-corrected chi connectivity index (χ4v) is 7.20. The van der Waals surface area contributed by atoms with E-state index in [2.05, 4.69) is 31.4 Å². The number of nitrogens with zero attached hydrogens (tertiary/aromatic N) is 2. The van der Waals surface area contributed by atoms with Crippen molar-refractivity contribution >= 4 is 62.0 Å². The molecule has 0 radical (unpaired) electrons. The number of benzene rings is 2. The van der Waals surface area contributed by atoms with Gasteiger partial charge in [0.1, 0.15) is 22.7 Å². The van der Waals surface area contributed by atoms with Crippen LogP contribution in [-0.2, 0) is 21.4 Å². The maximum Gasteiger partial charge on any atom is 0.260 e. The lowest BCUT2D eigenvalue weighted by Gasteiger charge is -2.23. The molecule has 0 fully saturated rings. The van der Waals surface area contributed by atoms with E-state index in [1.165, 1.54) is 12.3 Å². The number of methoxy groups -OCH3 is 1. The Kier molecular flexibility index (Phi) is 7.44. The maximum absolute atomic E-state index is 14.2. The van der Waals surface area contributed by atoms with E-state index in [1.807, 2.05) is 13.8 Å². The molecular formula is C32H27BrN4O10. The van der Waals surface area contributed by atoms with Gasteiger partial charge in [0, 0.05) is 27.5 Å². The molecule has 5 N–H and O–H groups in total. The summed E-state index contributed by atoms with van der Waals surface area (Å²) in [6.07, 6.45) is 1.85. The third-order valence-electron chi connectivity index (χ3n) is 9.03. The average molecular weight is 707 g/mol. The maximum atomic E-state index is 14.2. The van der Waals surface area contributed by atoms with Gasteiger partial charge in [-0.2, -0.15) is 5.10 Å². The van der Waals surface area contributed by atoms with E-state index in [9.17, 15) is 44.1 Å². The second kappa shape index (κ2) is 11.0. The number of halogens is 1. The van der Waals surface area contributed by atoms with Crippen molar-refractivity contribution in [2.75, 3.05) is 20.7 Å². The summed E-state index contributed by atoms with van der Waals surface area (Å²) in [4.78, 5) is 84.1. The normalized spacial score (nSPS) is 18.5. The number of fused-ring (bicyclic) bond motifs is 5. The van der Waals surface area contributed by atoms with Crippen molar-refractivity contribution in [3.63, 3.8) is 0 Å². The zero-order valence-corrected chi connectivity index (χ0v) is 27.0. The van der Waals surface area contributed by atoms with Gasteiger partial charge < -0.3 is 25.0 Å². The first-order valence-corrected chi connectivity index (χ1v) is 15.2. The molecule has 3 aliphatic rings. The van der Waals surface area contributed by atoms with Crippen molar-refractivity contribution in [3.8, 4) is 17.2 Å². The first-order valence-electron chi connectivity index (χ1n) is 14.4. The topological polar surface area (TPSA) is 216 Å². The summed E-state index contributed by atoms with van der Waals surface area (Å²) < 4.78 is 5.22. The third kappa shape index (κ3) is 4.36. The van der Waals surface area contributed by atoms with E-state index in [-0.39, 0.29) is 53.4 Å². The van der Waals surface area contributed by atoms with E-state index < -0.39 is 79.4 Å². The SMILES string of the molecule is COC1=CC(=O)c2c(O)c3c(c(O)c2C1=O)C(=O)[C@]1(CCc2c1c(O)c1c(=O)[nH]c(C=NNC(=O)CN(C)C(C)C)cc1c2Br)C3=O. The molecule has 1 atom stereocenters.